The number of methoxy groups -OCH3 is 1. The normalized spacial score (nSPS) is 12.1. The first-order valence-electron chi connectivity index (χ1n) is 8.34. The van der Waals surface area contributed by atoms with Gasteiger partial charge < -0.3 is 14.8 Å². The van der Waals surface area contributed by atoms with Gasteiger partial charge in [0, 0.05) is 5.56 Å². The van der Waals surface area contributed by atoms with Gasteiger partial charge in [-0.05, 0) is 55.8 Å². The molecule has 1 amide bonds. The second-order valence-corrected chi connectivity index (χ2v) is 8.01. The molecule has 2 aromatic rings. The predicted octanol–water partition coefficient (Wildman–Crippen LogP) is 2.57. The zero-order chi connectivity index (χ0) is 20.0. The lowest BCUT2D eigenvalue weighted by Gasteiger charge is -2.16. The Balaban J connectivity index is 1.96. The van der Waals surface area contributed by atoms with E-state index in [9.17, 15) is 13.2 Å². The third-order valence-corrected chi connectivity index (χ3v) is 4.32. The molecular formula is C19H24N2O5S. The summed E-state index contributed by atoms with van der Waals surface area (Å²) >= 11 is 0. The van der Waals surface area contributed by atoms with Crippen molar-refractivity contribution in [1.29, 1.82) is 0 Å². The van der Waals surface area contributed by atoms with Crippen LogP contribution in [-0.2, 0) is 10.0 Å². The minimum Gasteiger partial charge on any atom is -0.497 e. The molecule has 8 heteroatoms. The highest BCUT2D eigenvalue weighted by Gasteiger charge is 2.13. The minimum absolute atomic E-state index is 0.243. The number of hydrogen-bond donors (Lipinski definition) is 2. The Kier molecular flexibility index (Phi) is 6.68. The van der Waals surface area contributed by atoms with E-state index in [0.717, 1.165) is 17.6 Å². The molecule has 2 aromatic carbocycles. The first-order valence-corrected chi connectivity index (χ1v) is 10.2. The molecule has 0 aromatic heterocycles. The van der Waals surface area contributed by atoms with E-state index < -0.39 is 10.0 Å². The van der Waals surface area contributed by atoms with Crippen LogP contribution < -0.4 is 19.5 Å². The van der Waals surface area contributed by atoms with Crippen LogP contribution in [-0.4, -0.2) is 40.3 Å². The SMILES string of the molecule is COc1ccc(OC[C@@H](C)NC(=O)c2ccc(C)c(NS(C)(=O)=O)c2)cc1. The molecule has 0 unspecified atom stereocenters. The van der Waals surface area contributed by atoms with Crippen molar-refractivity contribution in [2.45, 2.75) is 19.9 Å². The Hall–Kier alpha value is -2.74. The molecule has 2 rings (SSSR count). The zero-order valence-electron chi connectivity index (χ0n) is 15.8. The van der Waals surface area contributed by atoms with E-state index in [1.807, 2.05) is 6.92 Å². The van der Waals surface area contributed by atoms with Crippen LogP contribution >= 0.6 is 0 Å². The van der Waals surface area contributed by atoms with E-state index in [0.29, 0.717) is 23.6 Å². The van der Waals surface area contributed by atoms with Crippen LogP contribution in [0.5, 0.6) is 11.5 Å². The number of nitrogens with one attached hydrogen (secondary N) is 2. The van der Waals surface area contributed by atoms with Crippen molar-refractivity contribution in [3.63, 3.8) is 0 Å². The van der Waals surface area contributed by atoms with Crippen molar-refractivity contribution >= 4 is 21.6 Å². The molecule has 0 fully saturated rings. The number of amides is 1. The van der Waals surface area contributed by atoms with Crippen molar-refractivity contribution in [2.75, 3.05) is 24.7 Å². The van der Waals surface area contributed by atoms with Crippen LogP contribution in [0.1, 0.15) is 22.8 Å². The smallest absolute Gasteiger partial charge is 0.251 e. The molecule has 1 atom stereocenters. The third-order valence-electron chi connectivity index (χ3n) is 3.73. The second kappa shape index (κ2) is 8.77. The van der Waals surface area contributed by atoms with Crippen LogP contribution in [0, 0.1) is 6.92 Å². The topological polar surface area (TPSA) is 93.7 Å². The fourth-order valence-electron chi connectivity index (χ4n) is 2.31. The molecular weight excluding hydrogens is 368 g/mol. The van der Waals surface area contributed by atoms with E-state index in [1.165, 1.54) is 6.07 Å². The van der Waals surface area contributed by atoms with Gasteiger partial charge in [0.1, 0.15) is 18.1 Å². The summed E-state index contributed by atoms with van der Waals surface area (Å²) in [5, 5.41) is 2.83. The van der Waals surface area contributed by atoms with Gasteiger partial charge >= 0.3 is 0 Å². The Morgan fingerprint density at radius 3 is 2.33 bits per heavy atom. The first-order chi connectivity index (χ1) is 12.7. The molecule has 146 valence electrons. The van der Waals surface area contributed by atoms with E-state index in [1.54, 1.807) is 50.4 Å². The van der Waals surface area contributed by atoms with E-state index >= 15 is 0 Å². The summed E-state index contributed by atoms with van der Waals surface area (Å²) in [5.41, 5.74) is 1.48. The fourth-order valence-corrected chi connectivity index (χ4v) is 2.93. The van der Waals surface area contributed by atoms with Crippen molar-refractivity contribution in [2.24, 2.45) is 0 Å². The van der Waals surface area contributed by atoms with Gasteiger partial charge in [-0.2, -0.15) is 0 Å². The summed E-state index contributed by atoms with van der Waals surface area (Å²) < 4.78 is 36.0. The van der Waals surface area contributed by atoms with Gasteiger partial charge in [-0.1, -0.05) is 6.07 Å². The van der Waals surface area contributed by atoms with Crippen molar-refractivity contribution in [3.05, 3.63) is 53.6 Å². The molecule has 27 heavy (non-hydrogen) atoms. The highest BCUT2D eigenvalue weighted by atomic mass is 32.2. The first kappa shape index (κ1) is 20.6. The molecule has 0 saturated carbocycles. The van der Waals surface area contributed by atoms with Gasteiger partial charge in [-0.15, -0.1) is 0 Å². The Morgan fingerprint density at radius 1 is 1.11 bits per heavy atom. The highest BCUT2D eigenvalue weighted by Crippen LogP contribution is 2.19. The Bertz CT molecular complexity index is 895. The Morgan fingerprint density at radius 2 is 1.74 bits per heavy atom. The van der Waals surface area contributed by atoms with E-state index in [-0.39, 0.29) is 11.9 Å². The molecule has 0 aliphatic heterocycles. The summed E-state index contributed by atoms with van der Waals surface area (Å²) in [4.78, 5) is 12.4. The lowest BCUT2D eigenvalue weighted by molar-refractivity contribution is 0.0926. The third kappa shape index (κ3) is 6.49. The van der Waals surface area contributed by atoms with Crippen LogP contribution in [0.4, 0.5) is 5.69 Å². The molecule has 0 bridgehead atoms. The predicted molar refractivity (Wildman–Crippen MR) is 105 cm³/mol. The van der Waals surface area contributed by atoms with Gasteiger partial charge in [0.05, 0.1) is 25.1 Å². The summed E-state index contributed by atoms with van der Waals surface area (Å²) in [6.07, 6.45) is 1.07. The van der Waals surface area contributed by atoms with Crippen molar-refractivity contribution in [3.8, 4) is 11.5 Å². The number of carbonyl (C=O) groups excluding carboxylic acids is 1. The largest absolute Gasteiger partial charge is 0.497 e. The number of carbonyl (C=O) groups is 1. The second-order valence-electron chi connectivity index (χ2n) is 6.26. The van der Waals surface area contributed by atoms with Gasteiger partial charge in [-0.25, -0.2) is 8.42 Å². The molecule has 0 heterocycles. The van der Waals surface area contributed by atoms with Crippen LogP contribution in [0.25, 0.3) is 0 Å². The van der Waals surface area contributed by atoms with Gasteiger partial charge in [0.2, 0.25) is 10.0 Å². The lowest BCUT2D eigenvalue weighted by Crippen LogP contribution is -2.36. The minimum atomic E-state index is -3.42. The van der Waals surface area contributed by atoms with Gasteiger partial charge in [0.15, 0.2) is 0 Å². The molecule has 0 saturated heterocycles. The van der Waals surface area contributed by atoms with E-state index in [2.05, 4.69) is 10.0 Å². The fraction of sp³-hybridized carbons (Fsp3) is 0.316. The van der Waals surface area contributed by atoms with Crippen LogP contribution in [0.2, 0.25) is 0 Å². The zero-order valence-corrected chi connectivity index (χ0v) is 16.6. The molecule has 0 radical (unpaired) electrons. The number of benzene rings is 2. The standard InChI is InChI=1S/C19H24N2O5S/c1-13-5-6-15(11-18(13)21-27(4,23)24)19(22)20-14(2)12-26-17-9-7-16(25-3)8-10-17/h5-11,14,21H,12H2,1-4H3,(H,20,22)/t14-/m1/s1. The number of aryl methyl sites for hydroxylation is 1. The van der Waals surface area contributed by atoms with Gasteiger partial charge in [0.25, 0.3) is 5.91 Å². The molecule has 2 N–H and O–H groups in total. The Labute approximate surface area is 159 Å². The van der Waals surface area contributed by atoms with E-state index in [4.69, 9.17) is 9.47 Å². The van der Waals surface area contributed by atoms with Crippen LogP contribution in [0.3, 0.4) is 0 Å². The summed E-state index contributed by atoms with van der Waals surface area (Å²) in [6.45, 7) is 3.88. The summed E-state index contributed by atoms with van der Waals surface area (Å²) in [5.74, 6) is 1.10. The molecule has 0 aliphatic carbocycles. The number of anilines is 1. The maximum Gasteiger partial charge on any atom is 0.251 e. The monoisotopic (exact) mass is 392 g/mol. The number of hydrogen-bond acceptors (Lipinski definition) is 5. The summed E-state index contributed by atoms with van der Waals surface area (Å²) in [7, 11) is -1.83. The number of sulfonamides is 1. The van der Waals surface area contributed by atoms with Gasteiger partial charge in [-0.3, -0.25) is 9.52 Å². The number of ether oxygens (including phenoxy) is 2. The average molecular weight is 392 g/mol. The maximum absolute atomic E-state index is 12.4. The maximum atomic E-state index is 12.4. The van der Waals surface area contributed by atoms with Crippen molar-refractivity contribution in [1.82, 2.24) is 5.32 Å². The average Bonchev–Trinajstić information content (AvgIpc) is 2.61. The quantitative estimate of drug-likeness (QED) is 0.720. The molecule has 0 aliphatic rings. The lowest BCUT2D eigenvalue weighted by atomic mass is 10.1. The van der Waals surface area contributed by atoms with Crippen molar-refractivity contribution < 1.29 is 22.7 Å². The molecule has 7 nitrogen and oxygen atoms in total. The summed E-state index contributed by atoms with van der Waals surface area (Å²) in [6, 6.07) is 11.8. The number of rotatable bonds is 8. The highest BCUT2D eigenvalue weighted by molar-refractivity contribution is 7.92. The van der Waals surface area contributed by atoms with Crippen LogP contribution in [0.15, 0.2) is 42.5 Å². The molecule has 0 spiro atoms.